The second-order valence-corrected chi connectivity index (χ2v) is 13.0. The number of aromatic hydroxyl groups is 2. The van der Waals surface area contributed by atoms with Crippen molar-refractivity contribution in [3.63, 3.8) is 0 Å². The highest BCUT2D eigenvalue weighted by Crippen LogP contribution is 2.45. The van der Waals surface area contributed by atoms with Crippen LogP contribution in [0.25, 0.3) is 0 Å². The van der Waals surface area contributed by atoms with E-state index in [0.29, 0.717) is 30.0 Å². The number of carboxylic acids is 1. The lowest BCUT2D eigenvalue weighted by Crippen LogP contribution is -2.39. The Morgan fingerprint density at radius 1 is 1.02 bits per heavy atom. The summed E-state index contributed by atoms with van der Waals surface area (Å²) < 4.78 is 17.2. The van der Waals surface area contributed by atoms with Gasteiger partial charge in [0.25, 0.3) is 5.91 Å². The number of carbonyl (C=O) groups is 3. The topological polar surface area (TPSA) is 190 Å². The summed E-state index contributed by atoms with van der Waals surface area (Å²) in [5, 5.41) is 37.8. The van der Waals surface area contributed by atoms with Crippen molar-refractivity contribution in [1.82, 2.24) is 5.32 Å². The molecule has 7 N–H and O–H groups in total. The minimum absolute atomic E-state index is 0.0137. The Balaban J connectivity index is 1.47. The smallest absolute Gasteiger partial charge is 0.339 e. The Kier molecular flexibility index (Phi) is 12.0. The van der Waals surface area contributed by atoms with E-state index in [0.717, 1.165) is 18.4 Å². The summed E-state index contributed by atoms with van der Waals surface area (Å²) in [6.45, 7) is 10.0. The molecular weight excluding hydrogens is 630 g/mol. The van der Waals surface area contributed by atoms with Gasteiger partial charge in [-0.2, -0.15) is 0 Å². The molecule has 0 radical (unpaired) electrons. The molecule has 0 bridgehead atoms. The van der Waals surface area contributed by atoms with Crippen LogP contribution >= 0.6 is 0 Å². The largest absolute Gasteiger partial charge is 0.507 e. The molecule has 264 valence electrons. The van der Waals surface area contributed by atoms with E-state index in [9.17, 15) is 29.7 Å². The van der Waals surface area contributed by atoms with E-state index in [-0.39, 0.29) is 64.7 Å². The Morgan fingerprint density at radius 3 is 2.33 bits per heavy atom. The van der Waals surface area contributed by atoms with Gasteiger partial charge in [0.15, 0.2) is 11.5 Å². The fourth-order valence-corrected chi connectivity index (χ4v) is 6.73. The summed E-state index contributed by atoms with van der Waals surface area (Å²) in [5.41, 5.74) is 7.28. The van der Waals surface area contributed by atoms with Gasteiger partial charge in [-0.05, 0) is 73.4 Å². The quantitative estimate of drug-likeness (QED) is 0.118. The van der Waals surface area contributed by atoms with E-state index in [2.05, 4.69) is 31.4 Å². The van der Waals surface area contributed by atoms with Gasteiger partial charge in [0.1, 0.15) is 29.4 Å². The first-order chi connectivity index (χ1) is 23.2. The first-order valence-corrected chi connectivity index (χ1v) is 16.4. The molecule has 0 aromatic heterocycles. The van der Waals surface area contributed by atoms with E-state index >= 15 is 0 Å². The molecule has 3 unspecified atom stereocenters. The zero-order valence-corrected chi connectivity index (χ0v) is 28.9. The van der Waals surface area contributed by atoms with Gasteiger partial charge in [-0.15, -0.1) is 0 Å². The van der Waals surface area contributed by atoms with Crippen molar-refractivity contribution in [1.29, 1.82) is 0 Å². The van der Waals surface area contributed by atoms with E-state index in [1.165, 1.54) is 32.6 Å². The van der Waals surface area contributed by atoms with Crippen LogP contribution in [-0.4, -0.2) is 52.9 Å². The minimum atomic E-state index is -1.41. The Morgan fingerprint density at radius 2 is 1.71 bits per heavy atom. The molecule has 1 aliphatic rings. The van der Waals surface area contributed by atoms with Crippen LogP contribution in [0, 0.1) is 31.6 Å². The molecular formula is C37H47N3O9. The van der Waals surface area contributed by atoms with Gasteiger partial charge in [0, 0.05) is 24.3 Å². The number of ether oxygens (including phenoxy) is 3. The normalized spacial score (nSPS) is 17.4. The number of aromatic carboxylic acids is 1. The number of anilines is 1. The molecule has 4 rings (SSSR count). The maximum Gasteiger partial charge on any atom is 0.339 e. The molecule has 1 saturated carbocycles. The highest BCUT2D eigenvalue weighted by Gasteiger charge is 2.34. The number of benzene rings is 3. The van der Waals surface area contributed by atoms with Crippen molar-refractivity contribution in [2.45, 2.75) is 73.1 Å². The molecule has 1 aliphatic carbocycles. The Bertz CT molecular complexity index is 1690. The van der Waals surface area contributed by atoms with E-state index in [1.807, 2.05) is 12.1 Å². The molecule has 12 heteroatoms. The zero-order valence-electron chi connectivity index (χ0n) is 28.9. The molecule has 0 spiro atoms. The van der Waals surface area contributed by atoms with Crippen molar-refractivity contribution in [3.05, 3.63) is 69.8 Å². The third kappa shape index (κ3) is 8.55. The predicted molar refractivity (Wildman–Crippen MR) is 184 cm³/mol. The minimum Gasteiger partial charge on any atom is -0.507 e. The average Bonchev–Trinajstić information content (AvgIpc) is 3.04. The molecule has 3 aromatic carbocycles. The number of phenolic OH excluding ortho intramolecular Hbond substituents is 2. The summed E-state index contributed by atoms with van der Waals surface area (Å²) >= 11 is 0. The van der Waals surface area contributed by atoms with Gasteiger partial charge >= 0.3 is 5.97 Å². The molecule has 2 amide bonds. The van der Waals surface area contributed by atoms with Crippen LogP contribution < -0.4 is 25.8 Å². The number of hydrogen-bond acceptors (Lipinski definition) is 9. The van der Waals surface area contributed by atoms with Gasteiger partial charge in [-0.1, -0.05) is 45.7 Å². The predicted octanol–water partition coefficient (Wildman–Crippen LogP) is 6.02. The number of methoxy groups -OCH3 is 1. The average molecular weight is 678 g/mol. The van der Waals surface area contributed by atoms with Gasteiger partial charge < -0.3 is 45.9 Å². The summed E-state index contributed by atoms with van der Waals surface area (Å²) in [6.07, 6.45) is 3.36. The van der Waals surface area contributed by atoms with Crippen molar-refractivity contribution in [2.75, 3.05) is 19.0 Å². The number of amides is 2. The summed E-state index contributed by atoms with van der Waals surface area (Å²) in [5.74, 6) is -2.24. The second kappa shape index (κ2) is 16.0. The van der Waals surface area contributed by atoms with Crippen molar-refractivity contribution in [3.8, 4) is 28.7 Å². The highest BCUT2D eigenvalue weighted by atomic mass is 16.5. The van der Waals surface area contributed by atoms with E-state index in [4.69, 9.17) is 19.9 Å². The third-order valence-electron chi connectivity index (χ3n) is 9.26. The number of rotatable bonds is 14. The second-order valence-electron chi connectivity index (χ2n) is 13.0. The maximum atomic E-state index is 12.6. The number of phenols is 2. The van der Waals surface area contributed by atoms with Crippen LogP contribution in [0.15, 0.2) is 36.4 Å². The number of carboxylic acid groups (broad SMARTS) is 1. The molecule has 12 nitrogen and oxygen atoms in total. The SMILES string of the molecule is COc1cc(C(=O)O)c(Oc2c(CNc3ccc(CNC(=O)COC4CCCC(C)C4C(C)C)cc3)c(O)cc(C)c2C(N)=O)c(O)c1C. The van der Waals surface area contributed by atoms with Gasteiger partial charge in [0.2, 0.25) is 5.91 Å². The van der Waals surface area contributed by atoms with Crippen LogP contribution in [0.3, 0.4) is 0 Å². The number of nitrogens with two attached hydrogens (primary N) is 1. The molecule has 3 aromatic rings. The highest BCUT2D eigenvalue weighted by molar-refractivity contribution is 5.99. The number of nitrogens with one attached hydrogen (secondary N) is 2. The summed E-state index contributed by atoms with van der Waals surface area (Å²) in [7, 11) is 1.33. The molecule has 1 fully saturated rings. The first-order valence-electron chi connectivity index (χ1n) is 16.4. The standard InChI is InChI=1S/C37H47N3O9/c1-19(2)31-20(3)8-7-9-28(31)48-18-30(42)40-16-23-10-12-24(13-11-23)39-17-26-27(41)14-21(4)32(36(38)44)34(26)49-35-25(37(45)46)15-29(47-6)22(5)33(35)43/h10-15,19-20,28,31,39,41,43H,7-9,16-18H2,1-6H3,(H2,38,44)(H,40,42)(H,45,46). The lowest BCUT2D eigenvalue weighted by molar-refractivity contribution is -0.132. The van der Waals surface area contributed by atoms with Crippen molar-refractivity contribution < 1.29 is 43.9 Å². The van der Waals surface area contributed by atoms with Crippen molar-refractivity contribution >= 4 is 23.5 Å². The maximum absolute atomic E-state index is 12.6. The number of hydrogen-bond donors (Lipinski definition) is 6. The molecule has 0 aliphatic heterocycles. The first kappa shape index (κ1) is 36.9. The van der Waals surface area contributed by atoms with Crippen LogP contribution in [0.1, 0.15) is 83.0 Å². The van der Waals surface area contributed by atoms with Gasteiger partial charge in [-0.3, -0.25) is 9.59 Å². The van der Waals surface area contributed by atoms with Gasteiger partial charge in [0.05, 0.1) is 24.3 Å². The fraction of sp³-hybridized carbons (Fsp3) is 0.432. The molecule has 0 saturated heterocycles. The van der Waals surface area contributed by atoms with E-state index < -0.39 is 28.9 Å². The van der Waals surface area contributed by atoms with Crippen LogP contribution in [0.4, 0.5) is 5.69 Å². The third-order valence-corrected chi connectivity index (χ3v) is 9.26. The van der Waals surface area contributed by atoms with Crippen LogP contribution in [0.5, 0.6) is 28.7 Å². The molecule has 0 heterocycles. The number of carbonyl (C=O) groups excluding carboxylic acids is 2. The van der Waals surface area contributed by atoms with Crippen LogP contribution in [-0.2, 0) is 22.6 Å². The van der Waals surface area contributed by atoms with Crippen molar-refractivity contribution in [2.24, 2.45) is 23.5 Å². The lowest BCUT2D eigenvalue weighted by atomic mass is 9.72. The summed E-state index contributed by atoms with van der Waals surface area (Å²) in [4.78, 5) is 37.3. The number of primary amides is 1. The Labute approximate surface area is 286 Å². The Hall–Kier alpha value is -4.97. The van der Waals surface area contributed by atoms with Crippen LogP contribution in [0.2, 0.25) is 0 Å². The summed E-state index contributed by atoms with van der Waals surface area (Å²) in [6, 6.07) is 9.79. The monoisotopic (exact) mass is 677 g/mol. The zero-order chi connectivity index (χ0) is 36.0. The lowest BCUT2D eigenvalue weighted by Gasteiger charge is -2.38. The van der Waals surface area contributed by atoms with E-state index in [1.54, 1.807) is 19.1 Å². The fourth-order valence-electron chi connectivity index (χ4n) is 6.73. The molecule has 49 heavy (non-hydrogen) atoms. The van der Waals surface area contributed by atoms with Gasteiger partial charge in [-0.25, -0.2) is 4.79 Å². The molecule has 3 atom stereocenters. The number of aryl methyl sites for hydroxylation is 1.